The molecule has 110 valence electrons. The van der Waals surface area contributed by atoms with Gasteiger partial charge in [-0.05, 0) is 41.5 Å². The smallest absolute Gasteiger partial charge is 0.335 e. The molecule has 0 radical (unpaired) electrons. The van der Waals surface area contributed by atoms with Gasteiger partial charge in [0.25, 0.3) is 0 Å². The van der Waals surface area contributed by atoms with Gasteiger partial charge in [0.2, 0.25) is 0 Å². The van der Waals surface area contributed by atoms with E-state index in [1.165, 1.54) is 17.8 Å². The Hall–Kier alpha value is -2.01. The molecule has 0 fully saturated rings. The molecule has 0 aliphatic rings. The Morgan fingerprint density at radius 2 is 1.90 bits per heavy atom. The molecule has 0 amide bonds. The highest BCUT2D eigenvalue weighted by Crippen LogP contribution is 2.26. The monoisotopic (exact) mass is 306 g/mol. The van der Waals surface area contributed by atoms with Crippen molar-refractivity contribution in [3.8, 4) is 5.75 Å². The van der Waals surface area contributed by atoms with E-state index in [0.717, 1.165) is 16.2 Å². The van der Waals surface area contributed by atoms with Crippen molar-refractivity contribution in [2.45, 2.75) is 17.3 Å². The first kappa shape index (κ1) is 15.4. The Morgan fingerprint density at radius 1 is 1.19 bits per heavy atom. The summed E-state index contributed by atoms with van der Waals surface area (Å²) in [5, 5.41) is 9.03. The second kappa shape index (κ2) is 7.13. The van der Waals surface area contributed by atoms with Crippen LogP contribution in [0, 0.1) is 0 Å². The van der Waals surface area contributed by atoms with Crippen molar-refractivity contribution in [3.05, 3.63) is 59.2 Å². The second-order valence-electron chi connectivity index (χ2n) is 4.44. The molecule has 0 heterocycles. The van der Waals surface area contributed by atoms with Crippen LogP contribution >= 0.6 is 11.8 Å². The highest BCUT2D eigenvalue weighted by molar-refractivity contribution is 7.98. The quantitative estimate of drug-likeness (QED) is 0.814. The molecule has 1 N–H and O–H groups in total. The zero-order chi connectivity index (χ0) is 15.2. The van der Waals surface area contributed by atoms with E-state index in [2.05, 4.69) is 0 Å². The summed E-state index contributed by atoms with van der Waals surface area (Å²) in [6.07, 6.45) is 0. The predicted octanol–water partition coefficient (Wildman–Crippen LogP) is 4.16. The van der Waals surface area contributed by atoms with Crippen LogP contribution in [0.5, 0.6) is 5.75 Å². The minimum atomic E-state index is -1.04. The SMILES string of the molecule is COc1ccc(CSc2cc(CF)cc(C(=O)O)c2)cc1. The third-order valence-corrected chi connectivity index (χ3v) is 3.98. The number of benzene rings is 2. The van der Waals surface area contributed by atoms with E-state index in [1.807, 2.05) is 24.3 Å². The molecule has 0 saturated heterocycles. The van der Waals surface area contributed by atoms with Gasteiger partial charge in [-0.25, -0.2) is 9.18 Å². The first-order valence-electron chi connectivity index (χ1n) is 6.31. The normalized spacial score (nSPS) is 10.4. The molecule has 0 saturated carbocycles. The average molecular weight is 306 g/mol. The molecule has 0 aromatic heterocycles. The van der Waals surface area contributed by atoms with Gasteiger partial charge in [0, 0.05) is 10.6 Å². The molecule has 2 rings (SSSR count). The number of rotatable bonds is 6. The minimum Gasteiger partial charge on any atom is -0.497 e. The van der Waals surface area contributed by atoms with E-state index in [-0.39, 0.29) is 5.56 Å². The summed E-state index contributed by atoms with van der Waals surface area (Å²) in [4.78, 5) is 11.8. The van der Waals surface area contributed by atoms with Crippen LogP contribution in [0.3, 0.4) is 0 Å². The van der Waals surface area contributed by atoms with Crippen LogP contribution in [-0.2, 0) is 12.4 Å². The minimum absolute atomic E-state index is 0.113. The number of carboxylic acid groups (broad SMARTS) is 1. The van der Waals surface area contributed by atoms with Crippen LogP contribution in [0.1, 0.15) is 21.5 Å². The molecule has 0 unspecified atom stereocenters. The van der Waals surface area contributed by atoms with Crippen LogP contribution in [0.2, 0.25) is 0 Å². The number of carboxylic acids is 1. The largest absolute Gasteiger partial charge is 0.497 e. The maximum Gasteiger partial charge on any atom is 0.335 e. The van der Waals surface area contributed by atoms with Crippen molar-refractivity contribution < 1.29 is 19.0 Å². The Balaban J connectivity index is 2.11. The first-order valence-corrected chi connectivity index (χ1v) is 7.30. The average Bonchev–Trinajstić information content (AvgIpc) is 2.53. The molecule has 3 nitrogen and oxygen atoms in total. The number of thioether (sulfide) groups is 1. The van der Waals surface area contributed by atoms with Gasteiger partial charge in [0.15, 0.2) is 0 Å². The first-order chi connectivity index (χ1) is 10.1. The number of carbonyl (C=O) groups is 1. The van der Waals surface area contributed by atoms with Gasteiger partial charge in [0.1, 0.15) is 12.4 Å². The number of hydrogen-bond acceptors (Lipinski definition) is 3. The standard InChI is InChI=1S/C16H15FO3S/c1-20-14-4-2-11(3-5-14)10-21-15-7-12(9-17)6-13(8-15)16(18)19/h2-8H,9-10H2,1H3,(H,18,19). The summed E-state index contributed by atoms with van der Waals surface area (Å²) in [7, 11) is 1.61. The molecule has 2 aromatic carbocycles. The van der Waals surface area contributed by atoms with Gasteiger partial charge in [-0.3, -0.25) is 0 Å². The molecule has 0 spiro atoms. The van der Waals surface area contributed by atoms with Crippen molar-refractivity contribution in [1.82, 2.24) is 0 Å². The molecule has 0 atom stereocenters. The van der Waals surface area contributed by atoms with Crippen molar-refractivity contribution >= 4 is 17.7 Å². The lowest BCUT2D eigenvalue weighted by atomic mass is 10.1. The molecule has 5 heteroatoms. The van der Waals surface area contributed by atoms with Crippen LogP contribution < -0.4 is 4.74 Å². The Bertz CT molecular complexity index is 626. The third-order valence-electron chi connectivity index (χ3n) is 2.93. The maximum absolute atomic E-state index is 12.8. The molecule has 0 aliphatic heterocycles. The highest BCUT2D eigenvalue weighted by atomic mass is 32.2. The van der Waals surface area contributed by atoms with Crippen molar-refractivity contribution in [2.24, 2.45) is 0 Å². The summed E-state index contributed by atoms with van der Waals surface area (Å²) in [6.45, 7) is -0.669. The van der Waals surface area contributed by atoms with Crippen molar-refractivity contribution in [3.63, 3.8) is 0 Å². The van der Waals surface area contributed by atoms with Gasteiger partial charge >= 0.3 is 5.97 Å². The maximum atomic E-state index is 12.8. The fraction of sp³-hybridized carbons (Fsp3) is 0.188. The lowest BCUT2D eigenvalue weighted by molar-refractivity contribution is 0.0696. The Kier molecular flexibility index (Phi) is 5.22. The summed E-state index contributed by atoms with van der Waals surface area (Å²) in [6, 6.07) is 12.2. The summed E-state index contributed by atoms with van der Waals surface area (Å²) < 4.78 is 17.9. The lowest BCUT2D eigenvalue weighted by Gasteiger charge is -2.06. The number of methoxy groups -OCH3 is 1. The van der Waals surface area contributed by atoms with Crippen LogP contribution in [0.4, 0.5) is 4.39 Å². The molecule has 2 aromatic rings. The van der Waals surface area contributed by atoms with E-state index in [0.29, 0.717) is 11.3 Å². The van der Waals surface area contributed by atoms with Gasteiger partial charge < -0.3 is 9.84 Å². The summed E-state index contributed by atoms with van der Waals surface area (Å²) >= 11 is 1.48. The zero-order valence-corrected chi connectivity index (χ0v) is 12.3. The fourth-order valence-corrected chi connectivity index (χ4v) is 2.80. The van der Waals surface area contributed by atoms with Gasteiger partial charge in [-0.1, -0.05) is 12.1 Å². The van der Waals surface area contributed by atoms with Crippen LogP contribution in [-0.4, -0.2) is 18.2 Å². The zero-order valence-electron chi connectivity index (χ0n) is 11.5. The molecule has 0 aliphatic carbocycles. The van der Waals surface area contributed by atoms with Gasteiger partial charge in [0.05, 0.1) is 12.7 Å². The van der Waals surface area contributed by atoms with Crippen molar-refractivity contribution in [1.29, 1.82) is 0 Å². The van der Waals surface area contributed by atoms with Gasteiger partial charge in [-0.15, -0.1) is 11.8 Å². The molecule has 21 heavy (non-hydrogen) atoms. The summed E-state index contributed by atoms with van der Waals surface area (Å²) in [5.41, 5.74) is 1.58. The molecule has 0 bridgehead atoms. The second-order valence-corrected chi connectivity index (χ2v) is 5.49. The summed E-state index contributed by atoms with van der Waals surface area (Å²) in [5.74, 6) is 0.423. The Labute approximate surface area is 126 Å². The van der Waals surface area contributed by atoms with Crippen molar-refractivity contribution in [2.75, 3.05) is 7.11 Å². The van der Waals surface area contributed by atoms with E-state index in [1.54, 1.807) is 19.2 Å². The van der Waals surface area contributed by atoms with Gasteiger partial charge in [-0.2, -0.15) is 0 Å². The van der Waals surface area contributed by atoms with Crippen LogP contribution in [0.25, 0.3) is 0 Å². The number of halogens is 1. The number of alkyl halides is 1. The topological polar surface area (TPSA) is 46.5 Å². The third kappa shape index (κ3) is 4.23. The van der Waals surface area contributed by atoms with E-state index < -0.39 is 12.6 Å². The number of ether oxygens (including phenoxy) is 1. The number of aromatic carboxylic acids is 1. The number of hydrogen-bond donors (Lipinski definition) is 1. The van der Waals surface area contributed by atoms with E-state index in [4.69, 9.17) is 9.84 Å². The van der Waals surface area contributed by atoms with Crippen LogP contribution in [0.15, 0.2) is 47.4 Å². The highest BCUT2D eigenvalue weighted by Gasteiger charge is 2.08. The van der Waals surface area contributed by atoms with E-state index in [9.17, 15) is 9.18 Å². The Morgan fingerprint density at radius 3 is 2.48 bits per heavy atom. The fourth-order valence-electron chi connectivity index (χ4n) is 1.83. The van der Waals surface area contributed by atoms with E-state index >= 15 is 0 Å². The molecular formula is C16H15FO3S. The predicted molar refractivity (Wildman–Crippen MR) is 80.8 cm³/mol. The lowest BCUT2D eigenvalue weighted by Crippen LogP contribution is -1.98. The molecular weight excluding hydrogens is 291 g/mol.